The fourth-order valence-corrected chi connectivity index (χ4v) is 2.40. The average molecular weight is 319 g/mol. The van der Waals surface area contributed by atoms with Gasteiger partial charge in [-0.1, -0.05) is 31.4 Å². The van der Waals surface area contributed by atoms with E-state index in [0.29, 0.717) is 18.8 Å². The first-order valence-corrected chi connectivity index (χ1v) is 8.77. The lowest BCUT2D eigenvalue weighted by Crippen LogP contribution is -2.30. The molecule has 0 atom stereocenters. The van der Waals surface area contributed by atoms with Gasteiger partial charge in [0.25, 0.3) is 0 Å². The van der Waals surface area contributed by atoms with Gasteiger partial charge < -0.3 is 14.8 Å². The summed E-state index contributed by atoms with van der Waals surface area (Å²) >= 11 is 0. The van der Waals surface area contributed by atoms with Crippen LogP contribution in [0.3, 0.4) is 0 Å². The summed E-state index contributed by atoms with van der Waals surface area (Å²) in [5, 5.41) is 3.36. The largest absolute Gasteiger partial charge is 0.493 e. The first-order valence-electron chi connectivity index (χ1n) is 8.77. The summed E-state index contributed by atoms with van der Waals surface area (Å²) in [4.78, 5) is 11.1. The third kappa shape index (κ3) is 8.03. The van der Waals surface area contributed by atoms with Gasteiger partial charge in [0.1, 0.15) is 5.75 Å². The molecule has 0 radical (unpaired) electrons. The molecule has 1 heterocycles. The van der Waals surface area contributed by atoms with E-state index < -0.39 is 0 Å². The molecule has 1 aliphatic heterocycles. The van der Waals surface area contributed by atoms with Crippen molar-refractivity contribution < 1.29 is 14.3 Å². The van der Waals surface area contributed by atoms with Gasteiger partial charge >= 0.3 is 5.97 Å². The van der Waals surface area contributed by atoms with Gasteiger partial charge in [-0.3, -0.25) is 4.79 Å². The minimum atomic E-state index is -0.175. The van der Waals surface area contributed by atoms with Crippen LogP contribution in [0.15, 0.2) is 24.3 Å². The number of methoxy groups -OCH3 is 1. The molecule has 3 rings (SSSR count). The summed E-state index contributed by atoms with van der Waals surface area (Å²) in [5.41, 5.74) is 1.11. The molecule has 4 heteroatoms. The van der Waals surface area contributed by atoms with Crippen molar-refractivity contribution in [3.63, 3.8) is 0 Å². The number of hydrogen-bond acceptors (Lipinski definition) is 4. The molecule has 1 aliphatic carbocycles. The number of hydrogen-bond donors (Lipinski definition) is 1. The van der Waals surface area contributed by atoms with Gasteiger partial charge in [-0.2, -0.15) is 0 Å². The Morgan fingerprint density at radius 3 is 2.61 bits per heavy atom. The molecule has 2 aliphatic rings. The average Bonchev–Trinajstić information content (AvgIpc) is 3.48. The number of benzene rings is 1. The van der Waals surface area contributed by atoms with E-state index in [-0.39, 0.29) is 5.97 Å². The number of esters is 1. The lowest BCUT2D eigenvalue weighted by molar-refractivity contribution is -0.140. The van der Waals surface area contributed by atoms with E-state index in [2.05, 4.69) is 10.1 Å². The molecule has 0 aromatic heterocycles. The Balaban J connectivity index is 0.000000572. The quantitative estimate of drug-likeness (QED) is 0.817. The molecule has 0 bridgehead atoms. The zero-order valence-corrected chi connectivity index (χ0v) is 14.2. The van der Waals surface area contributed by atoms with E-state index in [1.807, 2.05) is 24.3 Å². The van der Waals surface area contributed by atoms with Gasteiger partial charge in [-0.15, -0.1) is 0 Å². The van der Waals surface area contributed by atoms with Gasteiger partial charge in [-0.25, -0.2) is 0 Å². The Bertz CT molecular complexity index is 465. The Hall–Kier alpha value is -1.55. The third-order valence-corrected chi connectivity index (χ3v) is 4.04. The fourth-order valence-electron chi connectivity index (χ4n) is 2.40. The summed E-state index contributed by atoms with van der Waals surface area (Å²) in [6.07, 6.45) is 7.97. The van der Waals surface area contributed by atoms with Crippen molar-refractivity contribution in [1.82, 2.24) is 5.32 Å². The van der Waals surface area contributed by atoms with Crippen molar-refractivity contribution in [3.8, 4) is 5.75 Å². The molecule has 1 N–H and O–H groups in total. The van der Waals surface area contributed by atoms with Gasteiger partial charge in [0.05, 0.1) is 13.7 Å². The first-order chi connectivity index (χ1) is 11.3. The van der Waals surface area contributed by atoms with E-state index in [1.54, 1.807) is 0 Å². The second-order valence-electron chi connectivity index (χ2n) is 6.29. The smallest absolute Gasteiger partial charge is 0.305 e. The van der Waals surface area contributed by atoms with Crippen LogP contribution in [0.1, 0.15) is 44.1 Å². The SMILES string of the molecule is C1CC1.COC(=O)CCc1cccc(OCC2CCNCC2)c1. The molecular weight excluding hydrogens is 290 g/mol. The maximum atomic E-state index is 11.1. The monoisotopic (exact) mass is 319 g/mol. The standard InChI is InChI=1S/C16H23NO3.C3H6/c1-19-16(18)6-5-13-3-2-4-15(11-13)20-12-14-7-9-17-10-8-14;1-2-3-1/h2-4,11,14,17H,5-10,12H2,1H3;1-3H2. The zero-order chi connectivity index (χ0) is 16.3. The van der Waals surface area contributed by atoms with Crippen LogP contribution in [0.5, 0.6) is 5.75 Å². The highest BCUT2D eigenvalue weighted by atomic mass is 16.5. The number of aryl methyl sites for hydroxylation is 1. The topological polar surface area (TPSA) is 47.6 Å². The number of rotatable bonds is 6. The first kappa shape index (κ1) is 17.8. The fraction of sp³-hybridized carbons (Fsp3) is 0.632. The molecule has 1 aromatic carbocycles. The Labute approximate surface area is 139 Å². The van der Waals surface area contributed by atoms with Crippen LogP contribution in [0.2, 0.25) is 0 Å². The highest BCUT2D eigenvalue weighted by molar-refractivity contribution is 5.69. The maximum Gasteiger partial charge on any atom is 0.305 e. The zero-order valence-electron chi connectivity index (χ0n) is 14.2. The lowest BCUT2D eigenvalue weighted by Gasteiger charge is -2.22. The van der Waals surface area contributed by atoms with Crippen LogP contribution in [0.4, 0.5) is 0 Å². The van der Waals surface area contributed by atoms with Crippen LogP contribution in [-0.4, -0.2) is 32.8 Å². The number of nitrogens with one attached hydrogen (secondary N) is 1. The highest BCUT2D eigenvalue weighted by Crippen LogP contribution is 2.18. The molecular formula is C19H29NO3. The van der Waals surface area contributed by atoms with E-state index in [4.69, 9.17) is 4.74 Å². The second-order valence-corrected chi connectivity index (χ2v) is 6.29. The van der Waals surface area contributed by atoms with E-state index in [1.165, 1.54) is 39.2 Å². The van der Waals surface area contributed by atoms with Crippen LogP contribution >= 0.6 is 0 Å². The second kappa shape index (κ2) is 10.3. The predicted molar refractivity (Wildman–Crippen MR) is 91.7 cm³/mol. The lowest BCUT2D eigenvalue weighted by atomic mass is 9.99. The van der Waals surface area contributed by atoms with Crippen LogP contribution in [0, 0.1) is 5.92 Å². The van der Waals surface area contributed by atoms with Gasteiger partial charge in [-0.05, 0) is 56.0 Å². The Kier molecular flexibility index (Phi) is 7.95. The summed E-state index contributed by atoms with van der Waals surface area (Å²) in [7, 11) is 1.42. The van der Waals surface area contributed by atoms with Crippen molar-refractivity contribution in [2.75, 3.05) is 26.8 Å². The number of carbonyl (C=O) groups excluding carboxylic acids is 1. The maximum absolute atomic E-state index is 11.1. The van der Waals surface area contributed by atoms with E-state index in [9.17, 15) is 4.79 Å². The normalized spacial score (nSPS) is 16.9. The number of piperidine rings is 1. The molecule has 0 unspecified atom stereocenters. The summed E-state index contributed by atoms with van der Waals surface area (Å²) < 4.78 is 10.5. The van der Waals surface area contributed by atoms with Crippen LogP contribution in [-0.2, 0) is 16.0 Å². The molecule has 4 nitrogen and oxygen atoms in total. The third-order valence-electron chi connectivity index (χ3n) is 4.04. The van der Waals surface area contributed by atoms with E-state index in [0.717, 1.165) is 31.0 Å². The minimum absolute atomic E-state index is 0.175. The van der Waals surface area contributed by atoms with Crippen LogP contribution in [0.25, 0.3) is 0 Å². The van der Waals surface area contributed by atoms with Crippen LogP contribution < -0.4 is 10.1 Å². The molecule has 2 fully saturated rings. The van der Waals surface area contributed by atoms with Crippen molar-refractivity contribution in [3.05, 3.63) is 29.8 Å². The van der Waals surface area contributed by atoms with Gasteiger partial charge in [0.2, 0.25) is 0 Å². The Morgan fingerprint density at radius 2 is 1.96 bits per heavy atom. The summed E-state index contributed by atoms with van der Waals surface area (Å²) in [5.74, 6) is 1.37. The Morgan fingerprint density at radius 1 is 1.22 bits per heavy atom. The van der Waals surface area contributed by atoms with Crippen molar-refractivity contribution in [1.29, 1.82) is 0 Å². The van der Waals surface area contributed by atoms with Crippen molar-refractivity contribution in [2.45, 2.75) is 44.9 Å². The molecule has 1 saturated heterocycles. The molecule has 23 heavy (non-hydrogen) atoms. The summed E-state index contributed by atoms with van der Waals surface area (Å²) in [6.45, 7) is 2.96. The minimum Gasteiger partial charge on any atom is -0.493 e. The van der Waals surface area contributed by atoms with Crippen molar-refractivity contribution in [2.24, 2.45) is 5.92 Å². The molecule has 1 aromatic rings. The highest BCUT2D eigenvalue weighted by Gasteiger charge is 2.13. The molecule has 128 valence electrons. The van der Waals surface area contributed by atoms with Gasteiger partial charge in [0.15, 0.2) is 0 Å². The molecule has 1 saturated carbocycles. The number of carbonyl (C=O) groups is 1. The van der Waals surface area contributed by atoms with E-state index >= 15 is 0 Å². The van der Waals surface area contributed by atoms with Gasteiger partial charge in [0, 0.05) is 6.42 Å². The molecule has 0 spiro atoms. The molecule has 0 amide bonds. The summed E-state index contributed by atoms with van der Waals surface area (Å²) in [6, 6.07) is 7.98. The van der Waals surface area contributed by atoms with Crippen molar-refractivity contribution >= 4 is 5.97 Å². The number of ether oxygens (including phenoxy) is 2. The predicted octanol–water partition coefficient (Wildman–Crippen LogP) is 3.34.